The number of nitrogens with one attached hydrogen (secondary N) is 2. The van der Waals surface area contributed by atoms with E-state index >= 15 is 0 Å². The highest BCUT2D eigenvalue weighted by Crippen LogP contribution is 2.27. The molecule has 0 spiro atoms. The number of hydrogen-bond acceptors (Lipinski definition) is 4. The van der Waals surface area contributed by atoms with Crippen molar-refractivity contribution < 1.29 is 19.1 Å². The molecule has 1 aliphatic rings. The van der Waals surface area contributed by atoms with Crippen molar-refractivity contribution in [2.75, 3.05) is 13.2 Å². The SMILES string of the molecule is CCc1ccc(OCC(=O)NC2CCCCC2NC(=O)COc2ccc(CC)cc2Br)c(Br)c1. The van der Waals surface area contributed by atoms with Gasteiger partial charge in [-0.15, -0.1) is 0 Å². The van der Waals surface area contributed by atoms with Crippen LogP contribution in [0.25, 0.3) is 0 Å². The molecule has 2 N–H and O–H groups in total. The molecule has 34 heavy (non-hydrogen) atoms. The second-order valence-corrected chi connectivity index (χ2v) is 10.2. The molecule has 0 radical (unpaired) electrons. The Bertz CT molecular complexity index is 919. The van der Waals surface area contributed by atoms with E-state index in [1.165, 1.54) is 11.1 Å². The second-order valence-electron chi connectivity index (χ2n) is 8.45. The summed E-state index contributed by atoms with van der Waals surface area (Å²) in [7, 11) is 0. The predicted molar refractivity (Wildman–Crippen MR) is 140 cm³/mol. The van der Waals surface area contributed by atoms with Gasteiger partial charge in [-0.1, -0.05) is 38.8 Å². The van der Waals surface area contributed by atoms with Crippen LogP contribution in [0.3, 0.4) is 0 Å². The average molecular weight is 596 g/mol. The smallest absolute Gasteiger partial charge is 0.258 e. The Kier molecular flexibility index (Phi) is 10.3. The Morgan fingerprint density at radius 2 is 1.21 bits per heavy atom. The van der Waals surface area contributed by atoms with Gasteiger partial charge in [0.05, 0.1) is 8.95 Å². The van der Waals surface area contributed by atoms with Crippen molar-refractivity contribution in [1.82, 2.24) is 10.6 Å². The summed E-state index contributed by atoms with van der Waals surface area (Å²) in [6.07, 6.45) is 5.51. The Hall–Kier alpha value is -2.06. The minimum atomic E-state index is -0.200. The van der Waals surface area contributed by atoms with E-state index in [-0.39, 0.29) is 37.1 Å². The third-order valence-corrected chi connectivity index (χ3v) is 7.22. The molecule has 2 unspecified atom stereocenters. The van der Waals surface area contributed by atoms with Gasteiger partial charge in [-0.2, -0.15) is 0 Å². The van der Waals surface area contributed by atoms with E-state index < -0.39 is 0 Å². The summed E-state index contributed by atoms with van der Waals surface area (Å²) in [4.78, 5) is 25.1. The maximum Gasteiger partial charge on any atom is 0.258 e. The van der Waals surface area contributed by atoms with Gasteiger partial charge >= 0.3 is 0 Å². The molecule has 0 heterocycles. The third kappa shape index (κ3) is 7.73. The Balaban J connectivity index is 1.48. The number of amides is 2. The first-order valence-electron chi connectivity index (χ1n) is 11.8. The highest BCUT2D eigenvalue weighted by molar-refractivity contribution is 9.10. The van der Waals surface area contributed by atoms with E-state index in [0.29, 0.717) is 11.5 Å². The van der Waals surface area contributed by atoms with Gasteiger partial charge < -0.3 is 20.1 Å². The summed E-state index contributed by atoms with van der Waals surface area (Å²) in [5.41, 5.74) is 2.39. The lowest BCUT2D eigenvalue weighted by molar-refractivity contribution is -0.127. The molecule has 2 atom stereocenters. The lowest BCUT2D eigenvalue weighted by Gasteiger charge is -2.32. The van der Waals surface area contributed by atoms with Crippen molar-refractivity contribution in [2.24, 2.45) is 0 Å². The minimum Gasteiger partial charge on any atom is -0.483 e. The van der Waals surface area contributed by atoms with E-state index in [4.69, 9.17) is 9.47 Å². The maximum absolute atomic E-state index is 12.6. The molecule has 3 rings (SSSR count). The molecule has 2 aromatic carbocycles. The first-order chi connectivity index (χ1) is 16.4. The fourth-order valence-electron chi connectivity index (χ4n) is 4.02. The van der Waals surface area contributed by atoms with Gasteiger partial charge in [0.25, 0.3) is 11.8 Å². The molecule has 0 bridgehead atoms. The number of aryl methyl sites for hydroxylation is 2. The molecule has 1 saturated carbocycles. The van der Waals surface area contributed by atoms with Crippen molar-refractivity contribution in [3.63, 3.8) is 0 Å². The van der Waals surface area contributed by atoms with Gasteiger partial charge in [-0.3, -0.25) is 9.59 Å². The predicted octanol–water partition coefficient (Wildman–Crippen LogP) is 5.34. The second kappa shape index (κ2) is 13.1. The molecular formula is C26H32Br2N2O4. The molecule has 0 aromatic heterocycles. The van der Waals surface area contributed by atoms with Crippen molar-refractivity contribution >= 4 is 43.7 Å². The fraction of sp³-hybridized carbons (Fsp3) is 0.462. The topological polar surface area (TPSA) is 76.7 Å². The van der Waals surface area contributed by atoms with Crippen LogP contribution in [0.15, 0.2) is 45.3 Å². The van der Waals surface area contributed by atoms with Gasteiger partial charge in [0, 0.05) is 12.1 Å². The standard InChI is InChI=1S/C26H32Br2N2O4/c1-3-17-9-11-23(19(27)13-17)33-15-25(31)29-21-7-5-6-8-22(21)30-26(32)16-34-24-12-10-18(4-2)14-20(24)28/h9-14,21-22H,3-8,15-16H2,1-2H3,(H,29,31)(H,30,32). The zero-order valence-corrected chi connectivity index (χ0v) is 22.8. The Labute approximate surface area is 218 Å². The summed E-state index contributed by atoms with van der Waals surface area (Å²) in [5.74, 6) is 0.870. The molecule has 184 valence electrons. The maximum atomic E-state index is 12.6. The lowest BCUT2D eigenvalue weighted by atomic mass is 9.90. The van der Waals surface area contributed by atoms with Gasteiger partial charge in [-0.05, 0) is 92.9 Å². The lowest BCUT2D eigenvalue weighted by Crippen LogP contribution is -2.54. The summed E-state index contributed by atoms with van der Waals surface area (Å²) in [5, 5.41) is 6.08. The number of halogens is 2. The highest BCUT2D eigenvalue weighted by Gasteiger charge is 2.28. The number of carbonyl (C=O) groups is 2. The van der Waals surface area contributed by atoms with Crippen LogP contribution in [-0.2, 0) is 22.4 Å². The molecule has 1 fully saturated rings. The largest absolute Gasteiger partial charge is 0.483 e. The monoisotopic (exact) mass is 594 g/mol. The molecule has 8 heteroatoms. The van der Waals surface area contributed by atoms with Crippen LogP contribution in [0.5, 0.6) is 11.5 Å². The number of carbonyl (C=O) groups excluding carboxylic acids is 2. The molecule has 2 aromatic rings. The van der Waals surface area contributed by atoms with Gasteiger partial charge in [0.15, 0.2) is 13.2 Å². The normalized spacial score (nSPS) is 17.6. The van der Waals surface area contributed by atoms with Gasteiger partial charge in [-0.25, -0.2) is 0 Å². The molecule has 0 aliphatic heterocycles. The Morgan fingerprint density at radius 1 is 0.794 bits per heavy atom. The third-order valence-electron chi connectivity index (χ3n) is 5.99. The van der Waals surface area contributed by atoms with Crippen LogP contribution < -0.4 is 20.1 Å². The minimum absolute atomic E-state index is 0.0773. The summed E-state index contributed by atoms with van der Waals surface area (Å²) < 4.78 is 13.1. The van der Waals surface area contributed by atoms with Crippen LogP contribution in [-0.4, -0.2) is 37.1 Å². The zero-order valence-electron chi connectivity index (χ0n) is 19.7. The molecular weight excluding hydrogens is 564 g/mol. The summed E-state index contributed by atoms with van der Waals surface area (Å²) >= 11 is 6.99. The number of hydrogen-bond donors (Lipinski definition) is 2. The van der Waals surface area contributed by atoms with E-state index in [0.717, 1.165) is 47.5 Å². The van der Waals surface area contributed by atoms with Gasteiger partial charge in [0.2, 0.25) is 0 Å². The average Bonchev–Trinajstić information content (AvgIpc) is 2.83. The molecule has 2 amide bonds. The van der Waals surface area contributed by atoms with Crippen LogP contribution >= 0.6 is 31.9 Å². The first kappa shape index (κ1) is 26.5. The van der Waals surface area contributed by atoms with Crippen molar-refractivity contribution in [3.05, 3.63) is 56.5 Å². The van der Waals surface area contributed by atoms with E-state index in [9.17, 15) is 9.59 Å². The van der Waals surface area contributed by atoms with Crippen LogP contribution in [0, 0.1) is 0 Å². The zero-order chi connectivity index (χ0) is 24.5. The van der Waals surface area contributed by atoms with E-state index in [2.05, 4.69) is 56.3 Å². The Morgan fingerprint density at radius 3 is 1.56 bits per heavy atom. The van der Waals surface area contributed by atoms with Crippen LogP contribution in [0.2, 0.25) is 0 Å². The van der Waals surface area contributed by atoms with Crippen molar-refractivity contribution in [1.29, 1.82) is 0 Å². The number of rotatable bonds is 10. The molecule has 0 saturated heterocycles. The van der Waals surface area contributed by atoms with Gasteiger partial charge in [0.1, 0.15) is 11.5 Å². The van der Waals surface area contributed by atoms with Crippen molar-refractivity contribution in [2.45, 2.75) is 64.5 Å². The number of ether oxygens (including phenoxy) is 2. The summed E-state index contributed by atoms with van der Waals surface area (Å²) in [6.45, 7) is 4.02. The van der Waals surface area contributed by atoms with Crippen LogP contribution in [0.1, 0.15) is 50.7 Å². The van der Waals surface area contributed by atoms with Crippen LogP contribution in [0.4, 0.5) is 0 Å². The fourth-order valence-corrected chi connectivity index (χ4v) is 5.10. The number of benzene rings is 2. The molecule has 6 nitrogen and oxygen atoms in total. The highest BCUT2D eigenvalue weighted by atomic mass is 79.9. The molecule has 1 aliphatic carbocycles. The summed E-state index contributed by atoms with van der Waals surface area (Å²) in [6, 6.07) is 11.5. The van der Waals surface area contributed by atoms with Crippen molar-refractivity contribution in [3.8, 4) is 11.5 Å². The quantitative estimate of drug-likeness (QED) is 0.389. The first-order valence-corrected chi connectivity index (χ1v) is 13.4. The van der Waals surface area contributed by atoms with E-state index in [1.807, 2.05) is 36.4 Å². The van der Waals surface area contributed by atoms with E-state index in [1.54, 1.807) is 0 Å².